The summed E-state index contributed by atoms with van der Waals surface area (Å²) in [6.45, 7) is 2.35. The number of hydrogen-bond acceptors (Lipinski definition) is 5. The molecule has 2 heterocycles. The van der Waals surface area contributed by atoms with Crippen LogP contribution in [0, 0.1) is 0 Å². The lowest BCUT2D eigenvalue weighted by Crippen LogP contribution is -2.45. The Bertz CT molecular complexity index is 360. The molecule has 0 aliphatic carbocycles. The first-order chi connectivity index (χ1) is 9.12. The van der Waals surface area contributed by atoms with Gasteiger partial charge in [0.1, 0.15) is 0 Å². The topological polar surface area (TPSA) is 78.9 Å². The normalized spacial score (nSPS) is 26.9. The van der Waals surface area contributed by atoms with Gasteiger partial charge in [0.2, 0.25) is 10.0 Å². The maximum absolute atomic E-state index is 12.3. The molecule has 6 nitrogen and oxygen atoms in total. The summed E-state index contributed by atoms with van der Waals surface area (Å²) in [7, 11) is -3.14. The number of nitrogens with zero attached hydrogens (tertiary/aromatic N) is 1. The summed E-state index contributed by atoms with van der Waals surface area (Å²) in [5, 5.41) is 11.9. The van der Waals surface area contributed by atoms with Crippen molar-refractivity contribution in [1.29, 1.82) is 0 Å². The lowest BCUT2D eigenvalue weighted by molar-refractivity contribution is 0.00317. The van der Waals surface area contributed by atoms with Gasteiger partial charge in [-0.3, -0.25) is 0 Å². The molecular weight excluding hydrogens is 268 g/mol. The van der Waals surface area contributed by atoms with Crippen LogP contribution in [0.2, 0.25) is 0 Å². The molecule has 2 saturated heterocycles. The molecule has 2 fully saturated rings. The van der Waals surface area contributed by atoms with E-state index in [-0.39, 0.29) is 24.5 Å². The Balaban J connectivity index is 1.79. The van der Waals surface area contributed by atoms with E-state index in [1.165, 1.54) is 0 Å². The van der Waals surface area contributed by atoms with Gasteiger partial charge in [-0.15, -0.1) is 0 Å². The number of hydrogen-bond donors (Lipinski definition) is 2. The van der Waals surface area contributed by atoms with E-state index in [2.05, 4.69) is 5.32 Å². The van der Waals surface area contributed by atoms with Crippen LogP contribution in [0.25, 0.3) is 0 Å². The highest BCUT2D eigenvalue weighted by Crippen LogP contribution is 2.18. The number of aliphatic hydroxyl groups is 1. The van der Waals surface area contributed by atoms with Gasteiger partial charge < -0.3 is 15.2 Å². The molecule has 7 heteroatoms. The average molecular weight is 292 g/mol. The standard InChI is InChI=1S/C12H24N2O4S/c15-8-9-18-12-3-6-14(7-4-12)19(16,17)10-11-2-1-5-13-11/h11-13,15H,1-10H2. The Morgan fingerprint density at radius 3 is 2.58 bits per heavy atom. The summed E-state index contributed by atoms with van der Waals surface area (Å²) < 4.78 is 31.6. The van der Waals surface area contributed by atoms with E-state index in [9.17, 15) is 8.42 Å². The molecule has 0 aromatic rings. The first kappa shape index (κ1) is 15.2. The Hall–Kier alpha value is -0.210. The van der Waals surface area contributed by atoms with Crippen molar-refractivity contribution in [2.24, 2.45) is 0 Å². The van der Waals surface area contributed by atoms with Gasteiger partial charge in [-0.1, -0.05) is 0 Å². The van der Waals surface area contributed by atoms with Crippen molar-refractivity contribution in [1.82, 2.24) is 9.62 Å². The van der Waals surface area contributed by atoms with Crippen LogP contribution in [0.1, 0.15) is 25.7 Å². The Morgan fingerprint density at radius 2 is 2.00 bits per heavy atom. The first-order valence-corrected chi connectivity index (χ1v) is 8.66. The Morgan fingerprint density at radius 1 is 1.26 bits per heavy atom. The van der Waals surface area contributed by atoms with Crippen molar-refractivity contribution < 1.29 is 18.3 Å². The van der Waals surface area contributed by atoms with E-state index in [0.717, 1.165) is 32.2 Å². The van der Waals surface area contributed by atoms with Crippen LogP contribution in [0.4, 0.5) is 0 Å². The van der Waals surface area contributed by atoms with Gasteiger partial charge in [0.15, 0.2) is 0 Å². The highest BCUT2D eigenvalue weighted by atomic mass is 32.2. The molecule has 0 amide bonds. The van der Waals surface area contributed by atoms with Gasteiger partial charge in [0, 0.05) is 19.1 Å². The predicted molar refractivity (Wildman–Crippen MR) is 72.4 cm³/mol. The predicted octanol–water partition coefficient (Wildman–Crippen LogP) is -0.458. The fourth-order valence-corrected chi connectivity index (χ4v) is 4.53. The SMILES string of the molecule is O=S(=O)(CC1CCCN1)N1CCC(OCCO)CC1. The third-order valence-corrected chi connectivity index (χ3v) is 5.79. The molecule has 2 N–H and O–H groups in total. The smallest absolute Gasteiger partial charge is 0.215 e. The zero-order chi connectivity index (χ0) is 13.7. The van der Waals surface area contributed by atoms with Gasteiger partial charge in [-0.25, -0.2) is 12.7 Å². The third kappa shape index (κ3) is 4.39. The second kappa shape index (κ2) is 6.99. The van der Waals surface area contributed by atoms with E-state index in [1.807, 2.05) is 0 Å². The molecule has 1 unspecified atom stereocenters. The molecule has 0 aromatic carbocycles. The molecular formula is C12H24N2O4S. The van der Waals surface area contributed by atoms with Crippen LogP contribution in [0.5, 0.6) is 0 Å². The molecule has 0 aromatic heterocycles. The van der Waals surface area contributed by atoms with Gasteiger partial charge in [0.05, 0.1) is 25.1 Å². The summed E-state index contributed by atoms with van der Waals surface area (Å²) in [6, 6.07) is 0.119. The number of aliphatic hydroxyl groups excluding tert-OH is 1. The zero-order valence-corrected chi connectivity index (χ0v) is 12.1. The van der Waals surface area contributed by atoms with E-state index in [1.54, 1.807) is 4.31 Å². The minimum Gasteiger partial charge on any atom is -0.394 e. The van der Waals surface area contributed by atoms with E-state index in [0.29, 0.717) is 19.7 Å². The zero-order valence-electron chi connectivity index (χ0n) is 11.3. The monoisotopic (exact) mass is 292 g/mol. The number of rotatable bonds is 6. The van der Waals surface area contributed by atoms with Crippen LogP contribution >= 0.6 is 0 Å². The highest BCUT2D eigenvalue weighted by Gasteiger charge is 2.31. The number of nitrogens with one attached hydrogen (secondary N) is 1. The van der Waals surface area contributed by atoms with Crippen molar-refractivity contribution in [3.63, 3.8) is 0 Å². The van der Waals surface area contributed by atoms with Crippen molar-refractivity contribution in [2.45, 2.75) is 37.8 Å². The first-order valence-electron chi connectivity index (χ1n) is 7.05. The van der Waals surface area contributed by atoms with E-state index < -0.39 is 10.0 Å². The van der Waals surface area contributed by atoms with E-state index in [4.69, 9.17) is 9.84 Å². The molecule has 2 aliphatic heterocycles. The quantitative estimate of drug-likeness (QED) is 0.693. The molecule has 1 atom stereocenters. The minimum absolute atomic E-state index is 0.0197. The average Bonchev–Trinajstić information content (AvgIpc) is 2.89. The molecule has 0 spiro atoms. The third-order valence-electron chi connectivity index (χ3n) is 3.81. The van der Waals surface area contributed by atoms with Crippen molar-refractivity contribution >= 4 is 10.0 Å². The maximum Gasteiger partial charge on any atom is 0.215 e. The lowest BCUT2D eigenvalue weighted by Gasteiger charge is -2.31. The molecule has 2 aliphatic rings. The minimum atomic E-state index is -3.14. The van der Waals surface area contributed by atoms with Crippen molar-refractivity contribution in [3.05, 3.63) is 0 Å². The lowest BCUT2D eigenvalue weighted by atomic mass is 10.1. The van der Waals surface area contributed by atoms with Crippen LogP contribution in [0.3, 0.4) is 0 Å². The summed E-state index contributed by atoms with van der Waals surface area (Å²) in [5.74, 6) is 0.217. The second-order valence-corrected chi connectivity index (χ2v) is 7.28. The maximum atomic E-state index is 12.3. The van der Waals surface area contributed by atoms with Gasteiger partial charge in [-0.05, 0) is 32.2 Å². The fraction of sp³-hybridized carbons (Fsp3) is 1.00. The molecule has 0 bridgehead atoms. The number of piperidine rings is 1. The van der Waals surface area contributed by atoms with Crippen molar-refractivity contribution in [3.8, 4) is 0 Å². The largest absolute Gasteiger partial charge is 0.394 e. The van der Waals surface area contributed by atoms with Crippen LogP contribution in [-0.4, -0.2) is 68.6 Å². The Labute approximate surface area is 115 Å². The molecule has 19 heavy (non-hydrogen) atoms. The molecule has 0 radical (unpaired) electrons. The fourth-order valence-electron chi connectivity index (χ4n) is 2.75. The van der Waals surface area contributed by atoms with Crippen LogP contribution in [-0.2, 0) is 14.8 Å². The van der Waals surface area contributed by atoms with Gasteiger partial charge >= 0.3 is 0 Å². The summed E-state index contributed by atoms with van der Waals surface area (Å²) in [6.07, 6.45) is 3.55. The highest BCUT2D eigenvalue weighted by molar-refractivity contribution is 7.89. The van der Waals surface area contributed by atoms with E-state index >= 15 is 0 Å². The summed E-state index contributed by atoms with van der Waals surface area (Å²) in [4.78, 5) is 0. The number of sulfonamides is 1. The van der Waals surface area contributed by atoms with Crippen molar-refractivity contribution in [2.75, 3.05) is 38.6 Å². The molecule has 2 rings (SSSR count). The molecule has 112 valence electrons. The summed E-state index contributed by atoms with van der Waals surface area (Å²) in [5.41, 5.74) is 0. The second-order valence-electron chi connectivity index (χ2n) is 5.26. The van der Waals surface area contributed by atoms with Gasteiger partial charge in [0.25, 0.3) is 0 Å². The van der Waals surface area contributed by atoms with Gasteiger partial charge in [-0.2, -0.15) is 0 Å². The van der Waals surface area contributed by atoms with Crippen LogP contribution in [0.15, 0.2) is 0 Å². The molecule has 0 saturated carbocycles. The summed E-state index contributed by atoms with van der Waals surface area (Å²) >= 11 is 0. The number of ether oxygens (including phenoxy) is 1. The Kier molecular flexibility index (Phi) is 5.58. The van der Waals surface area contributed by atoms with Crippen LogP contribution < -0.4 is 5.32 Å².